The molecule has 0 aliphatic rings. The van der Waals surface area contributed by atoms with E-state index in [4.69, 9.17) is 10.9 Å². The predicted octanol–water partition coefficient (Wildman–Crippen LogP) is 1.37. The number of sulfonamides is 1. The van der Waals surface area contributed by atoms with Crippen molar-refractivity contribution in [3.63, 3.8) is 0 Å². The molecule has 0 radical (unpaired) electrons. The molecular formula is C17H17N3O4S. The van der Waals surface area contributed by atoms with E-state index >= 15 is 0 Å². The van der Waals surface area contributed by atoms with Gasteiger partial charge in [-0.05, 0) is 30.7 Å². The first-order valence-corrected chi connectivity index (χ1v) is 8.74. The van der Waals surface area contributed by atoms with E-state index in [0.717, 1.165) is 6.08 Å². The summed E-state index contributed by atoms with van der Waals surface area (Å²) in [6.07, 6.45) is 1.10. The second-order valence-electron chi connectivity index (χ2n) is 5.30. The van der Waals surface area contributed by atoms with Gasteiger partial charge >= 0.3 is 0 Å². The van der Waals surface area contributed by atoms with Crippen LogP contribution in [0, 0.1) is 0 Å². The fourth-order valence-electron chi connectivity index (χ4n) is 2.13. The number of rotatable bonds is 5. The second-order valence-corrected chi connectivity index (χ2v) is 6.83. The smallest absolute Gasteiger partial charge is 0.248 e. The number of nitrogens with one attached hydrogen (secondary N) is 1. The van der Waals surface area contributed by atoms with E-state index in [1.165, 1.54) is 13.0 Å². The third-order valence-corrected chi connectivity index (χ3v) is 4.36. The molecule has 130 valence electrons. The summed E-state index contributed by atoms with van der Waals surface area (Å²) in [5, 5.41) is 7.82. The van der Waals surface area contributed by atoms with E-state index in [1.807, 2.05) is 0 Å². The first kappa shape index (κ1) is 18.4. The van der Waals surface area contributed by atoms with Gasteiger partial charge in [0.05, 0.1) is 4.90 Å². The molecule has 0 aromatic heterocycles. The van der Waals surface area contributed by atoms with Crippen LogP contribution in [0.4, 0.5) is 5.69 Å². The Kier molecular flexibility index (Phi) is 5.35. The minimum Gasteiger partial charge on any atom is -0.366 e. The number of amides is 2. The molecule has 0 unspecified atom stereocenters. The van der Waals surface area contributed by atoms with Gasteiger partial charge in [0, 0.05) is 22.9 Å². The zero-order valence-electron chi connectivity index (χ0n) is 13.4. The van der Waals surface area contributed by atoms with Crippen LogP contribution in [0.3, 0.4) is 0 Å². The monoisotopic (exact) mass is 359 g/mol. The normalized spacial score (nSPS) is 11.8. The van der Waals surface area contributed by atoms with Crippen molar-refractivity contribution in [1.82, 2.24) is 0 Å². The van der Waals surface area contributed by atoms with Gasteiger partial charge in [-0.3, -0.25) is 9.59 Å². The zero-order valence-corrected chi connectivity index (χ0v) is 14.2. The molecule has 0 saturated heterocycles. The van der Waals surface area contributed by atoms with Crippen molar-refractivity contribution in [3.05, 3.63) is 60.2 Å². The maximum atomic E-state index is 11.8. The number of primary sulfonamides is 1. The van der Waals surface area contributed by atoms with Gasteiger partial charge < -0.3 is 11.1 Å². The Morgan fingerprint density at radius 3 is 2.20 bits per heavy atom. The maximum absolute atomic E-state index is 11.8. The molecule has 0 aliphatic heterocycles. The fourth-order valence-corrected chi connectivity index (χ4v) is 2.89. The van der Waals surface area contributed by atoms with Crippen LogP contribution in [-0.2, 0) is 19.6 Å². The van der Waals surface area contributed by atoms with Crippen molar-refractivity contribution >= 4 is 27.5 Å². The number of nitrogens with two attached hydrogens (primary N) is 2. The van der Waals surface area contributed by atoms with E-state index in [-0.39, 0.29) is 10.5 Å². The number of carbonyl (C=O) groups excluding carboxylic acids is 2. The number of anilines is 1. The van der Waals surface area contributed by atoms with Crippen LogP contribution in [0.1, 0.15) is 6.92 Å². The summed E-state index contributed by atoms with van der Waals surface area (Å²) >= 11 is 0. The van der Waals surface area contributed by atoms with E-state index in [0.29, 0.717) is 16.8 Å². The SMILES string of the molecule is CC(=CC(=O)Nc1ccc(-c2ccccc2S(N)(=O)=O)cc1)C(N)=O. The predicted molar refractivity (Wildman–Crippen MR) is 94.8 cm³/mol. The van der Waals surface area contributed by atoms with E-state index in [1.54, 1.807) is 42.5 Å². The van der Waals surface area contributed by atoms with Gasteiger partial charge in [-0.1, -0.05) is 30.3 Å². The first-order valence-electron chi connectivity index (χ1n) is 7.20. The topological polar surface area (TPSA) is 132 Å². The lowest BCUT2D eigenvalue weighted by Crippen LogP contribution is -2.15. The Bertz CT molecular complexity index is 948. The molecule has 8 heteroatoms. The van der Waals surface area contributed by atoms with Gasteiger partial charge in [-0.15, -0.1) is 0 Å². The highest BCUT2D eigenvalue weighted by Gasteiger charge is 2.14. The van der Waals surface area contributed by atoms with Crippen LogP contribution >= 0.6 is 0 Å². The lowest BCUT2D eigenvalue weighted by molar-refractivity contribution is -0.115. The van der Waals surface area contributed by atoms with Crippen LogP contribution < -0.4 is 16.2 Å². The molecule has 0 heterocycles. The van der Waals surface area contributed by atoms with Crippen molar-refractivity contribution in [2.75, 3.05) is 5.32 Å². The summed E-state index contributed by atoms with van der Waals surface area (Å²) < 4.78 is 23.3. The van der Waals surface area contributed by atoms with Gasteiger partial charge in [0.2, 0.25) is 21.8 Å². The number of carbonyl (C=O) groups is 2. The molecule has 0 saturated carbocycles. The molecule has 7 nitrogen and oxygen atoms in total. The third-order valence-electron chi connectivity index (χ3n) is 3.39. The van der Waals surface area contributed by atoms with Gasteiger partial charge in [-0.2, -0.15) is 0 Å². The van der Waals surface area contributed by atoms with Gasteiger partial charge in [0.25, 0.3) is 0 Å². The largest absolute Gasteiger partial charge is 0.366 e. The molecule has 0 aliphatic carbocycles. The lowest BCUT2D eigenvalue weighted by Gasteiger charge is -2.09. The molecule has 2 aromatic carbocycles. The van der Waals surface area contributed by atoms with Crippen LogP contribution in [0.25, 0.3) is 11.1 Å². The molecule has 0 spiro atoms. The molecule has 2 rings (SSSR count). The highest BCUT2D eigenvalue weighted by molar-refractivity contribution is 7.89. The molecule has 0 atom stereocenters. The van der Waals surface area contributed by atoms with Crippen molar-refractivity contribution < 1.29 is 18.0 Å². The van der Waals surface area contributed by atoms with Crippen LogP contribution in [0.2, 0.25) is 0 Å². The zero-order chi connectivity index (χ0) is 18.6. The summed E-state index contributed by atoms with van der Waals surface area (Å²) in [5.41, 5.74) is 6.78. The quantitative estimate of drug-likeness (QED) is 0.695. The van der Waals surface area contributed by atoms with Crippen LogP contribution in [0.5, 0.6) is 0 Å². The summed E-state index contributed by atoms with van der Waals surface area (Å²) in [6, 6.07) is 12.9. The van der Waals surface area contributed by atoms with Crippen LogP contribution in [-0.4, -0.2) is 20.2 Å². The molecule has 5 N–H and O–H groups in total. The third kappa shape index (κ3) is 4.75. The standard InChI is InChI=1S/C17H17N3O4S/c1-11(17(18)22)10-16(21)20-13-8-6-12(7-9-13)14-4-2-3-5-15(14)25(19,23)24/h2-10H,1H3,(H2,18,22)(H,20,21)(H2,19,23,24). The number of benzene rings is 2. The summed E-state index contributed by atoms with van der Waals surface area (Å²) in [7, 11) is -3.85. The molecule has 2 aromatic rings. The highest BCUT2D eigenvalue weighted by atomic mass is 32.2. The summed E-state index contributed by atoms with van der Waals surface area (Å²) in [4.78, 5) is 22.7. The second kappa shape index (κ2) is 7.29. The number of primary amides is 1. The summed E-state index contributed by atoms with van der Waals surface area (Å²) in [6.45, 7) is 1.44. The lowest BCUT2D eigenvalue weighted by atomic mass is 10.1. The Balaban J connectivity index is 2.26. The Hall–Kier alpha value is -2.97. The van der Waals surface area contributed by atoms with E-state index in [9.17, 15) is 18.0 Å². The summed E-state index contributed by atoms with van der Waals surface area (Å²) in [5.74, 6) is -1.17. The van der Waals surface area contributed by atoms with E-state index < -0.39 is 21.8 Å². The van der Waals surface area contributed by atoms with Crippen molar-refractivity contribution in [2.45, 2.75) is 11.8 Å². The molecule has 2 amide bonds. The number of hydrogen-bond donors (Lipinski definition) is 3. The molecule has 25 heavy (non-hydrogen) atoms. The Labute approximate surface area is 145 Å². The molecule has 0 fully saturated rings. The highest BCUT2D eigenvalue weighted by Crippen LogP contribution is 2.27. The van der Waals surface area contributed by atoms with Crippen molar-refractivity contribution in [1.29, 1.82) is 0 Å². The average Bonchev–Trinajstić information content (AvgIpc) is 2.54. The van der Waals surface area contributed by atoms with Crippen molar-refractivity contribution in [3.8, 4) is 11.1 Å². The minimum atomic E-state index is -3.85. The molecule has 0 bridgehead atoms. The minimum absolute atomic E-state index is 0.0202. The first-order chi connectivity index (χ1) is 11.7. The average molecular weight is 359 g/mol. The van der Waals surface area contributed by atoms with Crippen LogP contribution in [0.15, 0.2) is 65.1 Å². The van der Waals surface area contributed by atoms with Gasteiger partial charge in [0.1, 0.15) is 0 Å². The van der Waals surface area contributed by atoms with E-state index in [2.05, 4.69) is 5.32 Å². The maximum Gasteiger partial charge on any atom is 0.248 e. The van der Waals surface area contributed by atoms with Gasteiger partial charge in [0.15, 0.2) is 0 Å². The number of hydrogen-bond acceptors (Lipinski definition) is 4. The van der Waals surface area contributed by atoms with Crippen molar-refractivity contribution in [2.24, 2.45) is 10.9 Å². The Morgan fingerprint density at radius 2 is 1.64 bits per heavy atom. The van der Waals surface area contributed by atoms with Gasteiger partial charge in [-0.25, -0.2) is 13.6 Å². The Morgan fingerprint density at radius 1 is 1.04 bits per heavy atom. The fraction of sp³-hybridized carbons (Fsp3) is 0.0588. The molecular weight excluding hydrogens is 342 g/mol.